The van der Waals surface area contributed by atoms with Crippen LogP contribution in [0.2, 0.25) is 5.02 Å². The molecule has 0 saturated carbocycles. The van der Waals surface area contributed by atoms with Crippen LogP contribution in [-0.2, 0) is 4.79 Å². The minimum atomic E-state index is -0.570. The molecule has 0 bridgehead atoms. The van der Waals surface area contributed by atoms with Gasteiger partial charge in [0.05, 0.1) is 18.0 Å². The van der Waals surface area contributed by atoms with E-state index in [1.807, 2.05) is 13.8 Å². The number of hydrogen-bond donors (Lipinski definition) is 2. The zero-order valence-electron chi connectivity index (χ0n) is 12.6. The van der Waals surface area contributed by atoms with Crippen LogP contribution in [0.3, 0.4) is 0 Å². The summed E-state index contributed by atoms with van der Waals surface area (Å²) in [7, 11) is 0. The van der Waals surface area contributed by atoms with Crippen LogP contribution in [-0.4, -0.2) is 36.6 Å². The van der Waals surface area contributed by atoms with Gasteiger partial charge in [0.1, 0.15) is 0 Å². The Labute approximate surface area is 134 Å². The van der Waals surface area contributed by atoms with Gasteiger partial charge in [0, 0.05) is 23.7 Å². The minimum Gasteiger partial charge on any atom is -0.486 e. The maximum atomic E-state index is 11.6. The Bertz CT molecular complexity index is 525. The van der Waals surface area contributed by atoms with Gasteiger partial charge in [0.2, 0.25) is 5.91 Å². The van der Waals surface area contributed by atoms with Gasteiger partial charge >= 0.3 is 5.69 Å². The van der Waals surface area contributed by atoms with Crippen LogP contribution in [0.15, 0.2) is 18.2 Å². The number of nitrogens with zero attached hydrogens (tertiary/aromatic N) is 1. The molecule has 0 saturated heterocycles. The molecule has 0 fully saturated rings. The van der Waals surface area contributed by atoms with Crippen LogP contribution in [0, 0.1) is 10.1 Å². The summed E-state index contributed by atoms with van der Waals surface area (Å²) in [4.78, 5) is 22.0. The summed E-state index contributed by atoms with van der Waals surface area (Å²) in [5.74, 6) is -0.0652. The second kappa shape index (κ2) is 9.22. The van der Waals surface area contributed by atoms with Gasteiger partial charge in [0.15, 0.2) is 5.75 Å². The molecular formula is C14H20ClN3O4. The number of ether oxygens (including phenoxy) is 1. The van der Waals surface area contributed by atoms with E-state index in [1.165, 1.54) is 18.2 Å². The van der Waals surface area contributed by atoms with E-state index in [-0.39, 0.29) is 41.4 Å². The monoisotopic (exact) mass is 329 g/mol. The van der Waals surface area contributed by atoms with Crippen LogP contribution < -0.4 is 15.4 Å². The molecule has 0 aliphatic rings. The van der Waals surface area contributed by atoms with Crippen LogP contribution in [0.1, 0.15) is 20.3 Å². The Morgan fingerprint density at radius 3 is 2.86 bits per heavy atom. The molecule has 22 heavy (non-hydrogen) atoms. The van der Waals surface area contributed by atoms with Crippen molar-refractivity contribution in [3.05, 3.63) is 33.3 Å². The van der Waals surface area contributed by atoms with Crippen LogP contribution in [0.4, 0.5) is 5.69 Å². The first-order valence-corrected chi connectivity index (χ1v) is 7.38. The lowest BCUT2D eigenvalue weighted by Gasteiger charge is -2.13. The fourth-order valence-electron chi connectivity index (χ4n) is 1.78. The van der Waals surface area contributed by atoms with E-state index in [9.17, 15) is 14.9 Å². The lowest BCUT2D eigenvalue weighted by atomic mass is 10.3. The van der Waals surface area contributed by atoms with E-state index in [1.54, 1.807) is 0 Å². The van der Waals surface area contributed by atoms with Crippen molar-refractivity contribution < 1.29 is 14.5 Å². The zero-order valence-corrected chi connectivity index (χ0v) is 13.4. The third-order valence-electron chi connectivity index (χ3n) is 2.86. The Hall–Kier alpha value is -1.86. The highest BCUT2D eigenvalue weighted by Crippen LogP contribution is 2.29. The SMILES string of the molecule is CCN[C@H](C)CNC(=O)CCOc1ccc(Cl)cc1[N+](=O)[O-]. The summed E-state index contributed by atoms with van der Waals surface area (Å²) in [5.41, 5.74) is -0.214. The number of halogens is 1. The topological polar surface area (TPSA) is 93.5 Å². The van der Waals surface area contributed by atoms with Crippen molar-refractivity contribution in [2.45, 2.75) is 26.3 Å². The fourth-order valence-corrected chi connectivity index (χ4v) is 1.95. The van der Waals surface area contributed by atoms with E-state index in [2.05, 4.69) is 10.6 Å². The normalized spacial score (nSPS) is 11.8. The largest absolute Gasteiger partial charge is 0.486 e. The molecule has 0 heterocycles. The van der Waals surface area contributed by atoms with E-state index in [0.717, 1.165) is 6.54 Å². The van der Waals surface area contributed by atoms with Gasteiger partial charge in [-0.05, 0) is 25.6 Å². The van der Waals surface area contributed by atoms with Crippen LogP contribution >= 0.6 is 11.6 Å². The van der Waals surface area contributed by atoms with Gasteiger partial charge in [-0.3, -0.25) is 14.9 Å². The molecule has 0 aliphatic carbocycles. The second-order valence-electron chi connectivity index (χ2n) is 4.73. The van der Waals surface area contributed by atoms with Gasteiger partial charge < -0.3 is 15.4 Å². The maximum Gasteiger partial charge on any atom is 0.312 e. The first-order chi connectivity index (χ1) is 10.4. The Morgan fingerprint density at radius 1 is 1.50 bits per heavy atom. The summed E-state index contributed by atoms with van der Waals surface area (Å²) in [6, 6.07) is 4.33. The second-order valence-corrected chi connectivity index (χ2v) is 5.17. The number of carbonyl (C=O) groups excluding carboxylic acids is 1. The van der Waals surface area contributed by atoms with E-state index in [4.69, 9.17) is 16.3 Å². The van der Waals surface area contributed by atoms with Gasteiger partial charge in [-0.2, -0.15) is 0 Å². The third-order valence-corrected chi connectivity index (χ3v) is 3.10. The van der Waals surface area contributed by atoms with E-state index in [0.29, 0.717) is 6.54 Å². The number of nitro benzene ring substituents is 1. The highest BCUT2D eigenvalue weighted by molar-refractivity contribution is 6.30. The smallest absolute Gasteiger partial charge is 0.312 e. The number of benzene rings is 1. The zero-order chi connectivity index (χ0) is 16.5. The van der Waals surface area contributed by atoms with Gasteiger partial charge in [-0.25, -0.2) is 0 Å². The molecule has 1 aromatic rings. The van der Waals surface area contributed by atoms with Gasteiger partial charge in [-0.1, -0.05) is 18.5 Å². The van der Waals surface area contributed by atoms with E-state index < -0.39 is 4.92 Å². The standard InChI is InChI=1S/C14H20ClN3O4/c1-3-16-10(2)9-17-14(19)6-7-22-13-5-4-11(15)8-12(13)18(20)21/h4-5,8,10,16H,3,6-7,9H2,1-2H3,(H,17,19)/t10-/m1/s1. The lowest BCUT2D eigenvalue weighted by molar-refractivity contribution is -0.385. The van der Waals surface area contributed by atoms with Crippen molar-refractivity contribution in [3.8, 4) is 5.75 Å². The van der Waals surface area contributed by atoms with Crippen molar-refractivity contribution in [3.63, 3.8) is 0 Å². The van der Waals surface area contributed by atoms with Crippen molar-refractivity contribution in [1.29, 1.82) is 0 Å². The summed E-state index contributed by atoms with van der Waals surface area (Å²) < 4.78 is 5.30. The Morgan fingerprint density at radius 2 is 2.23 bits per heavy atom. The van der Waals surface area contributed by atoms with E-state index >= 15 is 0 Å². The molecule has 1 aromatic carbocycles. The summed E-state index contributed by atoms with van der Waals surface area (Å²) in [5, 5.41) is 17.1. The van der Waals surface area contributed by atoms with Crippen molar-refractivity contribution in [1.82, 2.24) is 10.6 Å². The Balaban J connectivity index is 2.41. The molecule has 0 aromatic heterocycles. The van der Waals surface area contributed by atoms with Crippen molar-refractivity contribution >= 4 is 23.2 Å². The third kappa shape index (κ3) is 6.28. The number of carbonyl (C=O) groups is 1. The highest BCUT2D eigenvalue weighted by Gasteiger charge is 2.16. The predicted octanol–water partition coefficient (Wildman–Crippen LogP) is 2.13. The van der Waals surface area contributed by atoms with Crippen molar-refractivity contribution in [2.24, 2.45) is 0 Å². The number of nitro groups is 1. The molecule has 0 aliphatic heterocycles. The Kier molecular flexibility index (Phi) is 7.62. The van der Waals surface area contributed by atoms with Crippen molar-refractivity contribution in [2.75, 3.05) is 19.7 Å². The number of hydrogen-bond acceptors (Lipinski definition) is 5. The quantitative estimate of drug-likeness (QED) is 0.534. The summed E-state index contributed by atoms with van der Waals surface area (Å²) >= 11 is 5.71. The number of rotatable bonds is 9. The lowest BCUT2D eigenvalue weighted by Crippen LogP contribution is -2.39. The molecule has 1 atom stereocenters. The molecular weight excluding hydrogens is 310 g/mol. The first-order valence-electron chi connectivity index (χ1n) is 7.00. The highest BCUT2D eigenvalue weighted by atomic mass is 35.5. The summed E-state index contributed by atoms with van der Waals surface area (Å²) in [6.07, 6.45) is 0.124. The average Bonchev–Trinajstić information content (AvgIpc) is 2.46. The molecule has 2 N–H and O–H groups in total. The molecule has 0 radical (unpaired) electrons. The summed E-state index contributed by atoms with van der Waals surface area (Å²) in [6.45, 7) is 5.38. The molecule has 0 unspecified atom stereocenters. The fraction of sp³-hybridized carbons (Fsp3) is 0.500. The number of nitrogens with one attached hydrogen (secondary N) is 2. The van der Waals surface area contributed by atoms with Crippen LogP contribution in [0.5, 0.6) is 5.75 Å². The first kappa shape index (κ1) is 18.2. The predicted molar refractivity (Wildman–Crippen MR) is 84.4 cm³/mol. The number of amides is 1. The molecule has 1 rings (SSSR count). The minimum absolute atomic E-state index is 0.0594. The van der Waals surface area contributed by atoms with Gasteiger partial charge in [0.25, 0.3) is 0 Å². The molecule has 8 heteroatoms. The van der Waals surface area contributed by atoms with Crippen LogP contribution in [0.25, 0.3) is 0 Å². The molecule has 122 valence electrons. The molecule has 7 nitrogen and oxygen atoms in total. The molecule has 1 amide bonds. The average molecular weight is 330 g/mol. The molecule has 0 spiro atoms. The maximum absolute atomic E-state index is 11.6. The number of likely N-dealkylation sites (N-methyl/N-ethyl adjacent to an activating group) is 1. The van der Waals surface area contributed by atoms with Gasteiger partial charge in [-0.15, -0.1) is 0 Å².